The predicted molar refractivity (Wildman–Crippen MR) is 73.7 cm³/mol. The Hall–Kier alpha value is -0.970. The molecule has 0 spiro atoms. The van der Waals surface area contributed by atoms with E-state index in [1.54, 1.807) is 0 Å². The number of nitrogens with one attached hydrogen (secondary N) is 1. The van der Waals surface area contributed by atoms with Crippen molar-refractivity contribution in [2.45, 2.75) is 71.1 Å². The molecule has 0 aliphatic rings. The molecule has 0 unspecified atom stereocenters. The van der Waals surface area contributed by atoms with Gasteiger partial charge in [0.05, 0.1) is 0 Å². The summed E-state index contributed by atoms with van der Waals surface area (Å²) < 4.78 is 0. The van der Waals surface area contributed by atoms with Crippen molar-refractivity contribution in [3.63, 3.8) is 0 Å². The summed E-state index contributed by atoms with van der Waals surface area (Å²) in [5.74, 6) is 2.56. The second-order valence-corrected chi connectivity index (χ2v) is 4.53. The molecule has 2 heteroatoms. The number of carbonyl (C=O) groups excluding carboxylic acids is 1. The molecule has 17 heavy (non-hydrogen) atoms. The van der Waals surface area contributed by atoms with Crippen molar-refractivity contribution >= 4 is 5.91 Å². The molecule has 0 radical (unpaired) electrons. The highest BCUT2D eigenvalue weighted by Gasteiger charge is 1.98. The summed E-state index contributed by atoms with van der Waals surface area (Å²) in [7, 11) is 0. The number of rotatable bonds is 11. The van der Waals surface area contributed by atoms with E-state index in [0.717, 1.165) is 13.0 Å². The van der Waals surface area contributed by atoms with Crippen LogP contribution in [0.25, 0.3) is 0 Å². The average Bonchev–Trinajstić information content (AvgIpc) is 2.34. The lowest BCUT2D eigenvalue weighted by molar-refractivity contribution is -0.120. The van der Waals surface area contributed by atoms with Crippen molar-refractivity contribution in [1.82, 2.24) is 5.32 Å². The van der Waals surface area contributed by atoms with Crippen LogP contribution in [-0.2, 0) is 4.79 Å². The number of terminal acetylenes is 1. The Balaban J connectivity index is 3.08. The highest BCUT2D eigenvalue weighted by atomic mass is 16.1. The third-order valence-electron chi connectivity index (χ3n) is 2.85. The van der Waals surface area contributed by atoms with E-state index < -0.39 is 0 Å². The highest BCUT2D eigenvalue weighted by molar-refractivity contribution is 5.76. The van der Waals surface area contributed by atoms with E-state index in [1.807, 2.05) is 0 Å². The van der Waals surface area contributed by atoms with Gasteiger partial charge in [-0.25, -0.2) is 0 Å². The summed E-state index contributed by atoms with van der Waals surface area (Å²) in [5.41, 5.74) is 0. The summed E-state index contributed by atoms with van der Waals surface area (Å²) in [6.45, 7) is 3.04. The number of hydrogen-bond acceptors (Lipinski definition) is 1. The fraction of sp³-hybridized carbons (Fsp3) is 0.800. The molecule has 0 saturated carbocycles. The van der Waals surface area contributed by atoms with Crippen molar-refractivity contribution in [2.24, 2.45) is 0 Å². The summed E-state index contributed by atoms with van der Waals surface area (Å²) in [6, 6.07) is 0. The second kappa shape index (κ2) is 13.1. The van der Waals surface area contributed by atoms with E-state index in [4.69, 9.17) is 6.42 Å². The van der Waals surface area contributed by atoms with Crippen molar-refractivity contribution in [2.75, 3.05) is 6.54 Å². The van der Waals surface area contributed by atoms with Crippen LogP contribution in [0.2, 0.25) is 0 Å². The van der Waals surface area contributed by atoms with Gasteiger partial charge in [-0.2, -0.15) is 0 Å². The Labute approximate surface area is 107 Å². The van der Waals surface area contributed by atoms with E-state index in [9.17, 15) is 4.79 Å². The topological polar surface area (TPSA) is 29.1 Å². The summed E-state index contributed by atoms with van der Waals surface area (Å²) in [4.78, 5) is 11.2. The normalized spacial score (nSPS) is 9.88. The number of amides is 1. The maximum absolute atomic E-state index is 11.2. The first-order valence-electron chi connectivity index (χ1n) is 7.01. The minimum atomic E-state index is 0.0888. The number of hydrogen-bond donors (Lipinski definition) is 1. The Bertz CT molecular complexity index is 217. The minimum absolute atomic E-state index is 0.0888. The van der Waals surface area contributed by atoms with Crippen LogP contribution in [0.5, 0.6) is 0 Å². The van der Waals surface area contributed by atoms with Crippen molar-refractivity contribution in [3.8, 4) is 12.3 Å². The SMILES string of the molecule is C#CCCC(=O)NCCCCCCCCCC. The summed E-state index contributed by atoms with van der Waals surface area (Å²) in [5, 5.41) is 2.89. The van der Waals surface area contributed by atoms with Gasteiger partial charge in [0.15, 0.2) is 0 Å². The van der Waals surface area contributed by atoms with Gasteiger partial charge in [-0.3, -0.25) is 4.79 Å². The largest absolute Gasteiger partial charge is 0.356 e. The molecule has 0 saturated heterocycles. The van der Waals surface area contributed by atoms with Crippen LogP contribution in [0.4, 0.5) is 0 Å². The molecule has 0 aliphatic carbocycles. The first-order valence-corrected chi connectivity index (χ1v) is 7.01. The monoisotopic (exact) mass is 237 g/mol. The quantitative estimate of drug-likeness (QED) is 0.431. The maximum Gasteiger partial charge on any atom is 0.220 e. The van der Waals surface area contributed by atoms with Crippen molar-refractivity contribution in [1.29, 1.82) is 0 Å². The second-order valence-electron chi connectivity index (χ2n) is 4.53. The first-order chi connectivity index (χ1) is 8.31. The fourth-order valence-corrected chi connectivity index (χ4v) is 1.76. The Morgan fingerprint density at radius 2 is 1.65 bits per heavy atom. The lowest BCUT2D eigenvalue weighted by atomic mass is 10.1. The smallest absolute Gasteiger partial charge is 0.220 e. The van der Waals surface area contributed by atoms with E-state index in [0.29, 0.717) is 12.8 Å². The molecule has 0 atom stereocenters. The van der Waals surface area contributed by atoms with Crippen LogP contribution in [0.15, 0.2) is 0 Å². The van der Waals surface area contributed by atoms with Crippen LogP contribution < -0.4 is 5.32 Å². The standard InChI is InChI=1S/C15H27NO/c1-3-5-7-8-9-10-11-12-14-16-15(17)13-6-4-2/h2H,3,5-14H2,1H3,(H,16,17). The van der Waals surface area contributed by atoms with Crippen LogP contribution >= 0.6 is 0 Å². The Morgan fingerprint density at radius 1 is 1.06 bits per heavy atom. The molecule has 2 nitrogen and oxygen atoms in total. The Morgan fingerprint density at radius 3 is 2.24 bits per heavy atom. The first kappa shape index (κ1) is 16.0. The molecule has 0 aromatic rings. The van der Waals surface area contributed by atoms with Gasteiger partial charge in [0.1, 0.15) is 0 Å². The predicted octanol–water partition coefficient (Wildman–Crippen LogP) is 3.66. The zero-order valence-corrected chi connectivity index (χ0v) is 11.3. The van der Waals surface area contributed by atoms with Crippen LogP contribution in [0.3, 0.4) is 0 Å². The average molecular weight is 237 g/mol. The summed E-state index contributed by atoms with van der Waals surface area (Å²) >= 11 is 0. The molecule has 0 fully saturated rings. The lowest BCUT2D eigenvalue weighted by Gasteiger charge is -2.04. The summed E-state index contributed by atoms with van der Waals surface area (Å²) in [6.07, 6.45) is 16.5. The molecule has 0 aliphatic heterocycles. The highest BCUT2D eigenvalue weighted by Crippen LogP contribution is 2.07. The molecule has 0 rings (SSSR count). The molecule has 1 N–H and O–H groups in total. The third kappa shape index (κ3) is 13.0. The van der Waals surface area contributed by atoms with E-state index in [1.165, 1.54) is 44.9 Å². The van der Waals surface area contributed by atoms with Crippen LogP contribution in [0, 0.1) is 12.3 Å². The third-order valence-corrected chi connectivity index (χ3v) is 2.85. The van der Waals surface area contributed by atoms with E-state index in [2.05, 4.69) is 18.2 Å². The Kier molecular flexibility index (Phi) is 12.3. The van der Waals surface area contributed by atoms with Gasteiger partial charge >= 0.3 is 0 Å². The van der Waals surface area contributed by atoms with Crippen molar-refractivity contribution in [3.05, 3.63) is 0 Å². The molecular formula is C15H27NO. The van der Waals surface area contributed by atoms with Gasteiger partial charge in [-0.05, 0) is 6.42 Å². The van der Waals surface area contributed by atoms with Crippen molar-refractivity contribution < 1.29 is 4.79 Å². The fourth-order valence-electron chi connectivity index (χ4n) is 1.76. The van der Waals surface area contributed by atoms with E-state index >= 15 is 0 Å². The molecular weight excluding hydrogens is 210 g/mol. The lowest BCUT2D eigenvalue weighted by Crippen LogP contribution is -2.23. The molecule has 0 heterocycles. The van der Waals surface area contributed by atoms with Crippen LogP contribution in [0.1, 0.15) is 71.1 Å². The number of carbonyl (C=O) groups is 1. The van der Waals surface area contributed by atoms with Gasteiger partial charge in [-0.1, -0.05) is 51.9 Å². The van der Waals surface area contributed by atoms with Gasteiger partial charge in [0.25, 0.3) is 0 Å². The molecule has 1 amide bonds. The molecule has 0 bridgehead atoms. The molecule has 0 aromatic heterocycles. The zero-order chi connectivity index (χ0) is 12.8. The maximum atomic E-state index is 11.2. The van der Waals surface area contributed by atoms with Gasteiger partial charge in [-0.15, -0.1) is 12.3 Å². The van der Waals surface area contributed by atoms with Gasteiger partial charge in [0, 0.05) is 19.4 Å². The molecule has 0 aromatic carbocycles. The van der Waals surface area contributed by atoms with Crippen LogP contribution in [-0.4, -0.2) is 12.5 Å². The van der Waals surface area contributed by atoms with Gasteiger partial charge < -0.3 is 5.32 Å². The van der Waals surface area contributed by atoms with Gasteiger partial charge in [0.2, 0.25) is 5.91 Å². The zero-order valence-electron chi connectivity index (χ0n) is 11.3. The minimum Gasteiger partial charge on any atom is -0.356 e. The van der Waals surface area contributed by atoms with E-state index in [-0.39, 0.29) is 5.91 Å². The number of unbranched alkanes of at least 4 members (excludes halogenated alkanes) is 7. The molecule has 98 valence electrons.